The van der Waals surface area contributed by atoms with Gasteiger partial charge in [0.15, 0.2) is 0 Å². The van der Waals surface area contributed by atoms with Crippen LogP contribution in [0.3, 0.4) is 0 Å². The SMILES string of the molecule is NC(=O)OCC1CCC(COC([NH3+])=O)O1. The van der Waals surface area contributed by atoms with E-state index < -0.39 is 12.2 Å². The Bertz CT molecular complexity index is 221. The quantitative estimate of drug-likeness (QED) is 0.629. The number of carbonyl (C=O) groups is 2. The fourth-order valence-electron chi connectivity index (χ4n) is 1.39. The molecule has 2 atom stereocenters. The lowest BCUT2D eigenvalue weighted by Gasteiger charge is -2.12. The van der Waals surface area contributed by atoms with Crippen LogP contribution in [-0.4, -0.2) is 37.6 Å². The molecule has 7 nitrogen and oxygen atoms in total. The predicted molar refractivity (Wildman–Crippen MR) is 47.7 cm³/mol. The molecule has 0 aromatic carbocycles. The molecule has 2 amide bonds. The molecule has 1 aliphatic rings. The summed E-state index contributed by atoms with van der Waals surface area (Å²) in [5.41, 5.74) is 7.88. The van der Waals surface area contributed by atoms with E-state index in [1.807, 2.05) is 0 Å². The first-order valence-electron chi connectivity index (χ1n) is 4.64. The van der Waals surface area contributed by atoms with Crippen molar-refractivity contribution in [3.63, 3.8) is 0 Å². The summed E-state index contributed by atoms with van der Waals surface area (Å²) >= 11 is 0. The van der Waals surface area contributed by atoms with Crippen LogP contribution < -0.4 is 11.5 Å². The molecular formula is C8H15N2O5+. The highest BCUT2D eigenvalue weighted by molar-refractivity contribution is 5.64. The van der Waals surface area contributed by atoms with Gasteiger partial charge in [-0.2, -0.15) is 4.79 Å². The van der Waals surface area contributed by atoms with Crippen molar-refractivity contribution < 1.29 is 29.5 Å². The number of nitrogens with two attached hydrogens (primary N) is 1. The molecule has 0 aromatic rings. The van der Waals surface area contributed by atoms with E-state index in [1.54, 1.807) is 0 Å². The molecule has 1 heterocycles. The zero-order valence-corrected chi connectivity index (χ0v) is 8.31. The van der Waals surface area contributed by atoms with E-state index in [0.29, 0.717) is 0 Å². The third-order valence-electron chi connectivity index (χ3n) is 2.04. The van der Waals surface area contributed by atoms with Gasteiger partial charge in [0.1, 0.15) is 13.2 Å². The summed E-state index contributed by atoms with van der Waals surface area (Å²) in [5, 5.41) is 0. The molecule has 1 aliphatic heterocycles. The molecule has 1 fully saturated rings. The van der Waals surface area contributed by atoms with Crippen LogP contribution in [0.5, 0.6) is 0 Å². The van der Waals surface area contributed by atoms with Gasteiger partial charge >= 0.3 is 12.2 Å². The Balaban J connectivity index is 2.15. The second-order valence-corrected chi connectivity index (χ2v) is 3.27. The highest BCUT2D eigenvalue weighted by atomic mass is 16.6. The van der Waals surface area contributed by atoms with Crippen LogP contribution in [-0.2, 0) is 14.2 Å². The number of rotatable bonds is 4. The molecule has 0 saturated carbocycles. The monoisotopic (exact) mass is 219 g/mol. The second-order valence-electron chi connectivity index (χ2n) is 3.27. The van der Waals surface area contributed by atoms with Gasteiger partial charge in [0.2, 0.25) is 0 Å². The molecule has 2 unspecified atom stereocenters. The molecule has 0 radical (unpaired) electrons. The van der Waals surface area contributed by atoms with Crippen LogP contribution in [0.2, 0.25) is 0 Å². The highest BCUT2D eigenvalue weighted by Gasteiger charge is 2.27. The highest BCUT2D eigenvalue weighted by Crippen LogP contribution is 2.20. The van der Waals surface area contributed by atoms with Gasteiger partial charge in [-0.3, -0.25) is 5.73 Å². The molecule has 0 aliphatic carbocycles. The Morgan fingerprint density at radius 3 is 2.27 bits per heavy atom. The summed E-state index contributed by atoms with van der Waals surface area (Å²) in [6.45, 7) is 0.333. The molecular weight excluding hydrogens is 204 g/mol. The maximum absolute atomic E-state index is 10.4. The number of carbonyl (C=O) groups excluding carboxylic acids is 2. The Morgan fingerprint density at radius 2 is 1.80 bits per heavy atom. The largest absolute Gasteiger partial charge is 0.511 e. The van der Waals surface area contributed by atoms with Crippen LogP contribution in [0.4, 0.5) is 9.59 Å². The third kappa shape index (κ3) is 4.61. The number of hydrogen-bond acceptors (Lipinski definition) is 5. The van der Waals surface area contributed by atoms with E-state index in [2.05, 4.69) is 10.5 Å². The molecule has 86 valence electrons. The van der Waals surface area contributed by atoms with Crippen molar-refractivity contribution in [3.05, 3.63) is 0 Å². The van der Waals surface area contributed by atoms with Gasteiger partial charge in [0.25, 0.3) is 0 Å². The summed E-state index contributed by atoms with van der Waals surface area (Å²) < 4.78 is 14.7. The summed E-state index contributed by atoms with van der Waals surface area (Å²) in [6, 6.07) is 0. The fraction of sp³-hybridized carbons (Fsp3) is 0.750. The first-order valence-corrected chi connectivity index (χ1v) is 4.64. The van der Waals surface area contributed by atoms with Gasteiger partial charge in [-0.1, -0.05) is 0 Å². The molecule has 1 saturated heterocycles. The van der Waals surface area contributed by atoms with Crippen LogP contribution >= 0.6 is 0 Å². The van der Waals surface area contributed by atoms with Crippen molar-refractivity contribution in [1.29, 1.82) is 0 Å². The minimum atomic E-state index is -0.814. The number of hydrogen-bond donors (Lipinski definition) is 2. The predicted octanol–water partition coefficient (Wildman–Crippen LogP) is -0.992. The lowest BCUT2D eigenvalue weighted by molar-refractivity contribution is -0.284. The summed E-state index contributed by atoms with van der Waals surface area (Å²) in [6.07, 6.45) is -0.169. The van der Waals surface area contributed by atoms with Gasteiger partial charge in [-0.15, -0.1) is 0 Å². The van der Waals surface area contributed by atoms with Crippen LogP contribution in [0.15, 0.2) is 0 Å². The molecule has 1 rings (SSSR count). The third-order valence-corrected chi connectivity index (χ3v) is 2.04. The van der Waals surface area contributed by atoms with Gasteiger partial charge in [0.05, 0.1) is 12.2 Å². The first kappa shape index (κ1) is 11.7. The lowest BCUT2D eigenvalue weighted by atomic mass is 10.2. The molecule has 5 N–H and O–H groups in total. The first-order chi connectivity index (χ1) is 7.08. The van der Waals surface area contributed by atoms with E-state index in [4.69, 9.17) is 15.2 Å². The average molecular weight is 219 g/mol. The van der Waals surface area contributed by atoms with Gasteiger partial charge < -0.3 is 19.9 Å². The minimum Gasteiger partial charge on any atom is -0.447 e. The average Bonchev–Trinajstić information content (AvgIpc) is 2.59. The van der Waals surface area contributed by atoms with Gasteiger partial charge in [-0.25, -0.2) is 4.79 Å². The van der Waals surface area contributed by atoms with Crippen molar-refractivity contribution >= 4 is 12.2 Å². The molecule has 0 bridgehead atoms. The Kier molecular flexibility index (Phi) is 4.32. The summed E-state index contributed by atoms with van der Waals surface area (Å²) in [5.74, 6) is 0. The van der Waals surface area contributed by atoms with E-state index in [-0.39, 0.29) is 25.4 Å². The minimum absolute atomic E-state index is 0.142. The number of ether oxygens (including phenoxy) is 3. The van der Waals surface area contributed by atoms with Crippen molar-refractivity contribution in [1.82, 2.24) is 0 Å². The number of quaternary nitrogens is 1. The van der Waals surface area contributed by atoms with Crippen molar-refractivity contribution in [2.24, 2.45) is 5.73 Å². The smallest absolute Gasteiger partial charge is 0.447 e. The maximum atomic E-state index is 10.4. The zero-order chi connectivity index (χ0) is 11.3. The normalized spacial score (nSPS) is 24.9. The summed E-state index contributed by atoms with van der Waals surface area (Å²) in [4.78, 5) is 20.7. The lowest BCUT2D eigenvalue weighted by Crippen LogP contribution is -2.57. The number of primary amides is 1. The van der Waals surface area contributed by atoms with Crippen LogP contribution in [0.25, 0.3) is 0 Å². The van der Waals surface area contributed by atoms with Crippen molar-refractivity contribution in [2.75, 3.05) is 13.2 Å². The van der Waals surface area contributed by atoms with E-state index in [1.165, 1.54) is 0 Å². The van der Waals surface area contributed by atoms with Crippen molar-refractivity contribution in [2.45, 2.75) is 25.0 Å². The Hall–Kier alpha value is -1.34. The Labute approximate surface area is 86.6 Å². The standard InChI is InChI=1S/C8H14N2O5/c9-7(11)13-3-5-1-2-6(15-5)4-14-8(10)12/h5-6H,1-4H2,(H2,9,11)(H2,10,12)/p+1. The molecule has 7 heteroatoms. The Morgan fingerprint density at radius 1 is 1.27 bits per heavy atom. The number of amides is 2. The van der Waals surface area contributed by atoms with Crippen LogP contribution in [0.1, 0.15) is 12.8 Å². The molecule has 0 spiro atoms. The maximum Gasteiger partial charge on any atom is 0.511 e. The molecule has 15 heavy (non-hydrogen) atoms. The van der Waals surface area contributed by atoms with Crippen molar-refractivity contribution in [3.8, 4) is 0 Å². The van der Waals surface area contributed by atoms with Gasteiger partial charge in [0, 0.05) is 0 Å². The topological polar surface area (TPSA) is 115 Å². The van der Waals surface area contributed by atoms with E-state index >= 15 is 0 Å². The fourth-order valence-corrected chi connectivity index (χ4v) is 1.39. The summed E-state index contributed by atoms with van der Waals surface area (Å²) in [7, 11) is 0. The zero-order valence-electron chi connectivity index (χ0n) is 8.31. The van der Waals surface area contributed by atoms with Crippen LogP contribution in [0, 0.1) is 0 Å². The molecule has 0 aromatic heterocycles. The van der Waals surface area contributed by atoms with Gasteiger partial charge in [-0.05, 0) is 12.8 Å². The van der Waals surface area contributed by atoms with E-state index in [0.717, 1.165) is 12.8 Å². The second kappa shape index (κ2) is 5.52. The van der Waals surface area contributed by atoms with E-state index in [9.17, 15) is 9.59 Å².